The Morgan fingerprint density at radius 1 is 1.63 bits per heavy atom. The highest BCUT2D eigenvalue weighted by Gasteiger charge is 2.58. The molecule has 104 valence electrons. The summed E-state index contributed by atoms with van der Waals surface area (Å²) < 4.78 is 16.6. The van der Waals surface area contributed by atoms with Crippen LogP contribution >= 0.6 is 0 Å². The molecule has 2 aliphatic heterocycles. The number of carboxylic acid groups (broad SMARTS) is 1. The predicted octanol–water partition coefficient (Wildman–Crippen LogP) is -1.85. The van der Waals surface area contributed by atoms with E-state index in [1.54, 1.807) is 0 Å². The molecule has 1 saturated heterocycles. The van der Waals surface area contributed by atoms with Gasteiger partial charge in [-0.05, 0) is 11.2 Å². The van der Waals surface area contributed by atoms with Crippen LogP contribution in [0.2, 0.25) is 0 Å². The summed E-state index contributed by atoms with van der Waals surface area (Å²) in [5.41, 5.74) is 5.38. The Hall–Kier alpha value is -1.58. The van der Waals surface area contributed by atoms with Gasteiger partial charge in [0.15, 0.2) is 6.04 Å². The number of rotatable bonds is 3. The molecule has 0 bridgehead atoms. The van der Waals surface area contributed by atoms with E-state index in [4.69, 9.17) is 15.6 Å². The molecule has 0 aliphatic carbocycles. The maximum Gasteiger partial charge on any atom is 0.353 e. The van der Waals surface area contributed by atoms with E-state index in [-0.39, 0.29) is 23.6 Å². The second-order valence-corrected chi connectivity index (χ2v) is 5.72. The van der Waals surface area contributed by atoms with Crippen LogP contribution in [0.4, 0.5) is 0 Å². The van der Waals surface area contributed by atoms with Crippen molar-refractivity contribution in [2.45, 2.75) is 18.3 Å². The van der Waals surface area contributed by atoms with Gasteiger partial charge < -0.3 is 20.1 Å². The van der Waals surface area contributed by atoms with E-state index in [0.717, 1.165) is 4.90 Å². The minimum atomic E-state index is -1.49. The molecule has 0 radical (unpaired) electrons. The minimum absolute atomic E-state index is 0.0724. The normalized spacial score (nSPS) is 29.7. The Morgan fingerprint density at radius 3 is 2.79 bits per heavy atom. The molecule has 3 N–H and O–H groups in total. The van der Waals surface area contributed by atoms with Crippen LogP contribution in [0.5, 0.6) is 0 Å². The Morgan fingerprint density at radius 2 is 2.26 bits per heavy atom. The third-order valence-electron chi connectivity index (χ3n) is 2.90. The Bertz CT molecular complexity index is 490. The molecule has 1 fully saturated rings. The van der Waals surface area contributed by atoms with Crippen molar-refractivity contribution in [1.29, 1.82) is 0 Å². The van der Waals surface area contributed by atoms with Gasteiger partial charge in [0.25, 0.3) is 5.91 Å². The van der Waals surface area contributed by atoms with Crippen molar-refractivity contribution in [2.75, 3.05) is 12.4 Å². The van der Waals surface area contributed by atoms with E-state index in [2.05, 4.69) is 0 Å². The fraction of sp³-hybridized carbons (Fsp3) is 0.500. The number of carbonyl (C=O) groups is 3. The fourth-order valence-electron chi connectivity index (χ4n) is 2.05. The molecule has 0 aromatic rings. The zero-order valence-corrected chi connectivity index (χ0v) is 10.8. The van der Waals surface area contributed by atoms with E-state index >= 15 is 0 Å². The molecule has 0 spiro atoms. The standard InChI is InChI=1S/C10H12N2O6S/c1-4(13)18-2-5-3-19(17)9-6(11)8(14)12(9)7(5)10(15)16/h6,9H,2-3,11H2,1H3,(H,15,16)/t6-,9-,19?/m1/s1. The monoisotopic (exact) mass is 288 g/mol. The van der Waals surface area contributed by atoms with Crippen LogP contribution in [0.25, 0.3) is 0 Å². The second-order valence-electron chi connectivity index (χ2n) is 4.19. The van der Waals surface area contributed by atoms with Crippen molar-refractivity contribution in [1.82, 2.24) is 4.90 Å². The first-order valence-corrected chi connectivity index (χ1v) is 6.77. The summed E-state index contributed by atoms with van der Waals surface area (Å²) in [6, 6.07) is -0.939. The van der Waals surface area contributed by atoms with Gasteiger partial charge in [0.2, 0.25) is 5.37 Å². The number of ether oxygens (including phenoxy) is 1. The SMILES string of the molecule is CC(=O)OCC1=C(C(=O)O)N2C(=O)[C@@H](N)[C@H]2[S+]([O-])C1. The molecule has 9 heteroatoms. The summed E-state index contributed by atoms with van der Waals surface area (Å²) in [7, 11) is 0. The Kier molecular flexibility index (Phi) is 3.52. The van der Waals surface area contributed by atoms with Gasteiger partial charge in [-0.15, -0.1) is 0 Å². The molecule has 2 aliphatic rings. The topological polar surface area (TPSA) is 133 Å². The van der Waals surface area contributed by atoms with Crippen LogP contribution in [0, 0.1) is 0 Å². The molecule has 2 heterocycles. The summed E-state index contributed by atoms with van der Waals surface area (Å²) in [5.74, 6) is -2.58. The smallest absolute Gasteiger partial charge is 0.353 e. The van der Waals surface area contributed by atoms with E-state index in [9.17, 15) is 18.9 Å². The zero-order chi connectivity index (χ0) is 14.3. The lowest BCUT2D eigenvalue weighted by Crippen LogP contribution is -2.73. The Balaban J connectivity index is 2.33. The number of carboxylic acids is 1. The highest BCUT2D eigenvalue weighted by atomic mass is 32.2. The third-order valence-corrected chi connectivity index (χ3v) is 4.57. The van der Waals surface area contributed by atoms with Crippen LogP contribution < -0.4 is 5.73 Å². The quantitative estimate of drug-likeness (QED) is 0.353. The largest absolute Gasteiger partial charge is 0.614 e. The van der Waals surface area contributed by atoms with Crippen LogP contribution in [0.3, 0.4) is 0 Å². The number of hydrogen-bond acceptors (Lipinski definition) is 6. The molecular formula is C10H12N2O6S. The van der Waals surface area contributed by atoms with Gasteiger partial charge in [-0.2, -0.15) is 0 Å². The number of amides is 1. The van der Waals surface area contributed by atoms with Gasteiger partial charge in [-0.3, -0.25) is 14.5 Å². The van der Waals surface area contributed by atoms with Gasteiger partial charge in [0.1, 0.15) is 18.1 Å². The lowest BCUT2D eigenvalue weighted by Gasteiger charge is -2.47. The summed E-state index contributed by atoms with van der Waals surface area (Å²) in [6.45, 7) is 0.878. The molecule has 0 aromatic carbocycles. The van der Waals surface area contributed by atoms with Crippen LogP contribution in [0.1, 0.15) is 6.92 Å². The van der Waals surface area contributed by atoms with Crippen LogP contribution in [-0.4, -0.2) is 56.2 Å². The van der Waals surface area contributed by atoms with Gasteiger partial charge >= 0.3 is 11.9 Å². The molecule has 19 heavy (non-hydrogen) atoms. The van der Waals surface area contributed by atoms with Gasteiger partial charge in [-0.25, -0.2) is 4.79 Å². The average molecular weight is 288 g/mol. The van der Waals surface area contributed by atoms with Crippen molar-refractivity contribution < 1.29 is 28.8 Å². The van der Waals surface area contributed by atoms with Crippen molar-refractivity contribution >= 4 is 29.0 Å². The van der Waals surface area contributed by atoms with Crippen LogP contribution in [0.15, 0.2) is 11.3 Å². The number of nitrogens with zero attached hydrogens (tertiary/aromatic N) is 1. The highest BCUT2D eigenvalue weighted by molar-refractivity contribution is 7.92. The maximum atomic E-state index is 11.9. The lowest BCUT2D eigenvalue weighted by molar-refractivity contribution is -0.148. The lowest BCUT2D eigenvalue weighted by atomic mass is 10.0. The number of fused-ring (bicyclic) bond motifs is 1. The molecule has 2 rings (SSSR count). The zero-order valence-electron chi connectivity index (χ0n) is 9.99. The molecule has 0 aromatic heterocycles. The highest BCUT2D eigenvalue weighted by Crippen LogP contribution is 2.35. The second kappa shape index (κ2) is 4.83. The van der Waals surface area contributed by atoms with E-state index in [1.807, 2.05) is 0 Å². The molecule has 1 amide bonds. The number of esters is 1. The minimum Gasteiger partial charge on any atom is -0.614 e. The van der Waals surface area contributed by atoms with Crippen molar-refractivity contribution in [2.24, 2.45) is 5.73 Å². The third kappa shape index (κ3) is 2.20. The first-order chi connectivity index (χ1) is 8.84. The first-order valence-electron chi connectivity index (χ1n) is 5.39. The average Bonchev–Trinajstić information content (AvgIpc) is 2.33. The predicted molar refractivity (Wildman–Crippen MR) is 62.9 cm³/mol. The van der Waals surface area contributed by atoms with Crippen molar-refractivity contribution in [3.05, 3.63) is 11.3 Å². The summed E-state index contributed by atoms with van der Waals surface area (Å²) in [6.07, 6.45) is 0. The van der Waals surface area contributed by atoms with Crippen molar-refractivity contribution in [3.63, 3.8) is 0 Å². The van der Waals surface area contributed by atoms with E-state index in [0.29, 0.717) is 0 Å². The molecular weight excluding hydrogens is 276 g/mol. The first kappa shape index (κ1) is 13.8. The number of nitrogens with two attached hydrogens (primary N) is 1. The molecule has 8 nitrogen and oxygen atoms in total. The van der Waals surface area contributed by atoms with Gasteiger partial charge in [0.05, 0.1) is 0 Å². The maximum absolute atomic E-state index is 11.9. The summed E-state index contributed by atoms with van der Waals surface area (Å²) in [5, 5.41) is 8.35. The number of carbonyl (C=O) groups excluding carboxylic acids is 2. The number of hydrogen-bond donors (Lipinski definition) is 2. The van der Waals surface area contributed by atoms with Gasteiger partial charge in [-0.1, -0.05) is 0 Å². The van der Waals surface area contributed by atoms with Crippen molar-refractivity contribution in [3.8, 4) is 0 Å². The summed E-state index contributed by atoms with van der Waals surface area (Å²) in [4.78, 5) is 34.5. The van der Waals surface area contributed by atoms with Crippen LogP contribution in [-0.2, 0) is 30.3 Å². The van der Waals surface area contributed by atoms with E-state index < -0.39 is 40.4 Å². The summed E-state index contributed by atoms with van der Waals surface area (Å²) >= 11 is -1.49. The van der Waals surface area contributed by atoms with Gasteiger partial charge in [0, 0.05) is 12.5 Å². The molecule has 3 atom stereocenters. The molecule has 0 saturated carbocycles. The number of β-lactam (4-membered cyclic amide) rings is 1. The Labute approximate surface area is 111 Å². The fourth-order valence-corrected chi connectivity index (χ4v) is 3.68. The van der Waals surface area contributed by atoms with E-state index in [1.165, 1.54) is 6.92 Å². The molecule has 1 unspecified atom stereocenters. The number of aliphatic carboxylic acids is 1.